The van der Waals surface area contributed by atoms with Crippen LogP contribution in [0.3, 0.4) is 0 Å². The summed E-state index contributed by atoms with van der Waals surface area (Å²) in [5, 5.41) is 12.8. The number of rotatable bonds is 5. The maximum atomic E-state index is 13.3. The number of amides is 2. The van der Waals surface area contributed by atoms with E-state index in [1.54, 1.807) is 18.0 Å². The lowest BCUT2D eigenvalue weighted by atomic mass is 9.93. The van der Waals surface area contributed by atoms with Crippen molar-refractivity contribution in [3.8, 4) is 11.1 Å². The van der Waals surface area contributed by atoms with E-state index >= 15 is 0 Å². The minimum Gasteiger partial charge on any atom is -0.391 e. The molecule has 1 aromatic heterocycles. The van der Waals surface area contributed by atoms with Gasteiger partial charge in [0.2, 0.25) is 0 Å². The Bertz CT molecular complexity index is 1130. The van der Waals surface area contributed by atoms with Crippen LogP contribution >= 0.6 is 0 Å². The summed E-state index contributed by atoms with van der Waals surface area (Å²) in [5.41, 5.74) is 5.15. The third-order valence-electron chi connectivity index (χ3n) is 5.87. The van der Waals surface area contributed by atoms with Crippen molar-refractivity contribution in [2.75, 3.05) is 13.1 Å². The van der Waals surface area contributed by atoms with Crippen LogP contribution in [0, 0.1) is 13.8 Å². The standard InChI is InChI=1S/C26H27N3O3/c1-17-8-9-19(14-27-17)15-28-25(31)23-12-21(20-6-4-3-5-7-20)13-24(18(23)2)26(32)29-11-10-22(30)16-29/h3-9,12-14,22,30H,10-11,15-16H2,1-2H3,(H,28,31)/t22-/m0/s1. The highest BCUT2D eigenvalue weighted by Crippen LogP contribution is 2.27. The zero-order valence-electron chi connectivity index (χ0n) is 18.3. The number of carbonyl (C=O) groups is 2. The number of nitrogens with zero attached hydrogens (tertiary/aromatic N) is 2. The highest BCUT2D eigenvalue weighted by atomic mass is 16.3. The number of aliphatic hydroxyl groups excluding tert-OH is 1. The first-order valence-corrected chi connectivity index (χ1v) is 10.8. The lowest BCUT2D eigenvalue weighted by Gasteiger charge is -2.20. The number of aryl methyl sites for hydroxylation is 1. The Morgan fingerprint density at radius 3 is 2.47 bits per heavy atom. The number of benzene rings is 2. The molecule has 164 valence electrons. The van der Waals surface area contributed by atoms with Crippen LogP contribution in [0.2, 0.25) is 0 Å². The van der Waals surface area contributed by atoms with Gasteiger partial charge in [0.05, 0.1) is 6.10 Å². The zero-order chi connectivity index (χ0) is 22.7. The lowest BCUT2D eigenvalue weighted by molar-refractivity contribution is 0.0764. The minimum absolute atomic E-state index is 0.159. The van der Waals surface area contributed by atoms with Crippen molar-refractivity contribution in [3.05, 3.63) is 88.7 Å². The van der Waals surface area contributed by atoms with E-state index in [0.717, 1.165) is 22.4 Å². The third-order valence-corrected chi connectivity index (χ3v) is 5.87. The average Bonchev–Trinajstić information content (AvgIpc) is 3.25. The van der Waals surface area contributed by atoms with Gasteiger partial charge in [0.25, 0.3) is 11.8 Å². The number of pyridine rings is 1. The van der Waals surface area contributed by atoms with Gasteiger partial charge in [0.1, 0.15) is 0 Å². The number of hydrogen-bond donors (Lipinski definition) is 2. The normalized spacial score (nSPS) is 15.6. The van der Waals surface area contributed by atoms with Gasteiger partial charge >= 0.3 is 0 Å². The lowest BCUT2D eigenvalue weighted by Crippen LogP contribution is -2.31. The molecule has 1 atom stereocenters. The Morgan fingerprint density at radius 2 is 1.81 bits per heavy atom. The Kier molecular flexibility index (Phi) is 6.32. The first kappa shape index (κ1) is 21.7. The van der Waals surface area contributed by atoms with Crippen molar-refractivity contribution in [3.63, 3.8) is 0 Å². The number of aliphatic hydroxyl groups is 1. The number of hydrogen-bond acceptors (Lipinski definition) is 4. The van der Waals surface area contributed by atoms with Gasteiger partial charge in [-0.2, -0.15) is 0 Å². The van der Waals surface area contributed by atoms with Gasteiger partial charge in [0.15, 0.2) is 0 Å². The predicted molar refractivity (Wildman–Crippen MR) is 123 cm³/mol. The number of carbonyl (C=O) groups excluding carboxylic acids is 2. The first-order valence-electron chi connectivity index (χ1n) is 10.8. The maximum absolute atomic E-state index is 13.3. The molecule has 0 radical (unpaired) electrons. The molecule has 1 saturated heterocycles. The summed E-state index contributed by atoms with van der Waals surface area (Å²) in [5.74, 6) is -0.398. The molecule has 0 bridgehead atoms. The third kappa shape index (κ3) is 4.70. The molecule has 2 N–H and O–H groups in total. The predicted octanol–water partition coefficient (Wildman–Crippen LogP) is 3.50. The molecule has 0 spiro atoms. The van der Waals surface area contributed by atoms with Crippen LogP contribution in [0.5, 0.6) is 0 Å². The van der Waals surface area contributed by atoms with Gasteiger partial charge in [0, 0.05) is 42.7 Å². The smallest absolute Gasteiger partial charge is 0.254 e. The van der Waals surface area contributed by atoms with Crippen LogP contribution in [-0.4, -0.2) is 46.0 Å². The van der Waals surface area contributed by atoms with Crippen molar-refractivity contribution >= 4 is 11.8 Å². The van der Waals surface area contributed by atoms with Crippen molar-refractivity contribution in [1.29, 1.82) is 0 Å². The van der Waals surface area contributed by atoms with Crippen molar-refractivity contribution in [2.45, 2.75) is 32.9 Å². The molecule has 32 heavy (non-hydrogen) atoms. The van der Waals surface area contributed by atoms with Crippen molar-refractivity contribution in [1.82, 2.24) is 15.2 Å². The summed E-state index contributed by atoms with van der Waals surface area (Å²) in [7, 11) is 0. The molecular formula is C26H27N3O3. The van der Waals surface area contributed by atoms with E-state index in [9.17, 15) is 14.7 Å². The summed E-state index contributed by atoms with van der Waals surface area (Å²) < 4.78 is 0. The van der Waals surface area contributed by atoms with Gasteiger partial charge in [-0.1, -0.05) is 36.4 Å². The molecule has 4 rings (SSSR count). The van der Waals surface area contributed by atoms with Crippen LogP contribution in [0.25, 0.3) is 11.1 Å². The molecular weight excluding hydrogens is 402 g/mol. The van der Waals surface area contributed by atoms with E-state index < -0.39 is 6.10 Å². The van der Waals surface area contributed by atoms with E-state index in [4.69, 9.17) is 0 Å². The minimum atomic E-state index is -0.498. The quantitative estimate of drug-likeness (QED) is 0.650. The summed E-state index contributed by atoms with van der Waals surface area (Å²) >= 11 is 0. The van der Waals surface area contributed by atoms with E-state index in [-0.39, 0.29) is 11.8 Å². The molecule has 0 aliphatic carbocycles. The number of nitrogens with one attached hydrogen (secondary N) is 1. The average molecular weight is 430 g/mol. The highest BCUT2D eigenvalue weighted by molar-refractivity contribution is 6.03. The fourth-order valence-electron chi connectivity index (χ4n) is 3.95. The fraction of sp³-hybridized carbons (Fsp3) is 0.269. The van der Waals surface area contributed by atoms with Gasteiger partial charge in [-0.15, -0.1) is 0 Å². The molecule has 6 nitrogen and oxygen atoms in total. The van der Waals surface area contributed by atoms with E-state index in [0.29, 0.717) is 42.7 Å². The molecule has 6 heteroatoms. The number of likely N-dealkylation sites (tertiary alicyclic amines) is 1. The molecule has 2 amide bonds. The van der Waals surface area contributed by atoms with Crippen molar-refractivity contribution < 1.29 is 14.7 Å². The van der Waals surface area contributed by atoms with E-state index in [2.05, 4.69) is 10.3 Å². The maximum Gasteiger partial charge on any atom is 0.254 e. The van der Waals surface area contributed by atoms with E-state index in [1.165, 1.54) is 0 Å². The Labute approximate surface area is 187 Å². The number of aromatic nitrogens is 1. The monoisotopic (exact) mass is 429 g/mol. The molecule has 3 aromatic rings. The summed E-state index contributed by atoms with van der Waals surface area (Å²) in [6.45, 7) is 4.89. The highest BCUT2D eigenvalue weighted by Gasteiger charge is 2.28. The Balaban J connectivity index is 1.67. The molecule has 1 fully saturated rings. The van der Waals surface area contributed by atoms with Crippen molar-refractivity contribution in [2.24, 2.45) is 0 Å². The van der Waals surface area contributed by atoms with Crippen LogP contribution in [0.1, 0.15) is 44.0 Å². The number of β-amino-alcohol motifs (C(OH)–C–C–N with tert-alkyl or cyclic N) is 1. The van der Waals surface area contributed by atoms with E-state index in [1.807, 2.05) is 61.5 Å². The molecule has 0 saturated carbocycles. The van der Waals surface area contributed by atoms with Crippen LogP contribution in [0.15, 0.2) is 60.8 Å². The SMILES string of the molecule is Cc1ccc(CNC(=O)c2cc(-c3ccccc3)cc(C(=O)N3CC[C@H](O)C3)c2C)cn1. The Morgan fingerprint density at radius 1 is 1.06 bits per heavy atom. The molecule has 1 aliphatic rings. The molecule has 1 aliphatic heterocycles. The fourth-order valence-corrected chi connectivity index (χ4v) is 3.95. The van der Waals surface area contributed by atoms with Crippen LogP contribution in [-0.2, 0) is 6.54 Å². The second kappa shape index (κ2) is 9.32. The second-order valence-corrected chi connectivity index (χ2v) is 8.25. The van der Waals surface area contributed by atoms with Crippen LogP contribution in [0.4, 0.5) is 0 Å². The first-order chi connectivity index (χ1) is 15.4. The second-order valence-electron chi connectivity index (χ2n) is 8.25. The van der Waals surface area contributed by atoms with Gasteiger partial charge < -0.3 is 15.3 Å². The molecule has 2 heterocycles. The van der Waals surface area contributed by atoms with Gasteiger partial charge in [-0.3, -0.25) is 14.6 Å². The molecule has 2 aromatic carbocycles. The topological polar surface area (TPSA) is 82.5 Å². The van der Waals surface area contributed by atoms with Gasteiger partial charge in [-0.05, 0) is 60.7 Å². The Hall–Kier alpha value is -3.51. The summed E-state index contributed by atoms with van der Waals surface area (Å²) in [6.07, 6.45) is 1.82. The molecule has 0 unspecified atom stereocenters. The largest absolute Gasteiger partial charge is 0.391 e. The summed E-state index contributed by atoms with van der Waals surface area (Å²) in [4.78, 5) is 32.3. The van der Waals surface area contributed by atoms with Gasteiger partial charge in [-0.25, -0.2) is 0 Å². The zero-order valence-corrected chi connectivity index (χ0v) is 18.3. The van der Waals surface area contributed by atoms with Crippen LogP contribution < -0.4 is 5.32 Å². The summed E-state index contributed by atoms with van der Waals surface area (Å²) in [6, 6.07) is 17.2.